The summed E-state index contributed by atoms with van der Waals surface area (Å²) in [5.41, 5.74) is 4.62. The van der Waals surface area contributed by atoms with Crippen LogP contribution in [-0.2, 0) is 35.5 Å². The maximum atomic E-state index is 14.2. The maximum Gasteiger partial charge on any atom is 0.323 e. The van der Waals surface area contributed by atoms with E-state index >= 15 is 0 Å². The summed E-state index contributed by atoms with van der Waals surface area (Å²) in [6.45, 7) is 2.37. The van der Waals surface area contributed by atoms with Crippen LogP contribution in [0.1, 0.15) is 41.8 Å². The van der Waals surface area contributed by atoms with E-state index in [1.807, 2.05) is 65.6 Å². The third-order valence-corrected chi connectivity index (χ3v) is 7.30. The fourth-order valence-electron chi connectivity index (χ4n) is 5.48. The lowest BCUT2D eigenvalue weighted by atomic mass is 9.84. The number of hydrogen-bond acceptors (Lipinski definition) is 2. The molecule has 0 saturated heterocycles. The lowest BCUT2D eigenvalue weighted by Gasteiger charge is -2.34. The Morgan fingerprint density at radius 3 is 2.44 bits per heavy atom. The molecule has 0 aliphatic heterocycles. The molecule has 4 aromatic rings. The number of carboxylic acids is 1. The van der Waals surface area contributed by atoms with Crippen molar-refractivity contribution in [3.05, 3.63) is 107 Å². The zero-order valence-electron chi connectivity index (χ0n) is 20.2. The minimum absolute atomic E-state index is 0.0661. The predicted octanol–water partition coefficient (Wildman–Crippen LogP) is 5.76. The molecule has 0 spiro atoms. The molecule has 1 amide bonds. The van der Waals surface area contributed by atoms with Gasteiger partial charge in [-0.1, -0.05) is 60.7 Å². The van der Waals surface area contributed by atoms with Gasteiger partial charge in [-0.25, -0.2) is 4.39 Å². The number of aliphatic carboxylic acids is 1. The van der Waals surface area contributed by atoms with Crippen LogP contribution in [0.25, 0.3) is 10.9 Å². The predicted molar refractivity (Wildman–Crippen MR) is 137 cm³/mol. The summed E-state index contributed by atoms with van der Waals surface area (Å²) < 4.78 is 16.0. The standard InChI is InChI=1S/C30H29FN2O3/c1-20(22-10-6-3-7-11-22)32(18-21-8-4-2-5-9-21)30(36)23-12-14-27-25(16-23)26-17-24(31)13-15-28(26)33(27)19-29(34)35/h2-11,13,15,17,20,23H,12,14,16,18-19H2,1H3,(H,34,35). The Bertz CT molecular complexity index is 1400. The first-order valence-electron chi connectivity index (χ1n) is 12.3. The number of aromatic nitrogens is 1. The van der Waals surface area contributed by atoms with E-state index in [1.165, 1.54) is 12.1 Å². The molecule has 0 radical (unpaired) electrons. The van der Waals surface area contributed by atoms with Gasteiger partial charge in [0.25, 0.3) is 0 Å². The summed E-state index contributed by atoms with van der Waals surface area (Å²) in [6, 6.07) is 24.3. The van der Waals surface area contributed by atoms with Crippen LogP contribution in [0.5, 0.6) is 0 Å². The van der Waals surface area contributed by atoms with E-state index in [0.717, 1.165) is 22.4 Å². The summed E-state index contributed by atoms with van der Waals surface area (Å²) in [6.07, 6.45) is 1.67. The van der Waals surface area contributed by atoms with Gasteiger partial charge in [0.1, 0.15) is 12.4 Å². The van der Waals surface area contributed by atoms with E-state index in [9.17, 15) is 19.1 Å². The van der Waals surface area contributed by atoms with Crippen molar-refractivity contribution in [1.82, 2.24) is 9.47 Å². The van der Waals surface area contributed by atoms with E-state index in [4.69, 9.17) is 0 Å². The number of hydrogen-bond donors (Lipinski definition) is 1. The largest absolute Gasteiger partial charge is 0.480 e. The molecule has 5 nitrogen and oxygen atoms in total. The lowest BCUT2D eigenvalue weighted by Crippen LogP contribution is -2.39. The molecule has 2 atom stereocenters. The summed E-state index contributed by atoms with van der Waals surface area (Å²) in [4.78, 5) is 27.6. The molecule has 1 aliphatic carbocycles. The minimum atomic E-state index is -0.942. The summed E-state index contributed by atoms with van der Waals surface area (Å²) in [7, 11) is 0. The molecule has 5 rings (SSSR count). The molecule has 2 unspecified atom stereocenters. The highest BCUT2D eigenvalue weighted by molar-refractivity contribution is 5.89. The van der Waals surface area contributed by atoms with Crippen molar-refractivity contribution >= 4 is 22.8 Å². The van der Waals surface area contributed by atoms with Crippen molar-refractivity contribution in [3.8, 4) is 0 Å². The smallest absolute Gasteiger partial charge is 0.323 e. The zero-order chi connectivity index (χ0) is 25.2. The quantitative estimate of drug-likeness (QED) is 0.363. The van der Waals surface area contributed by atoms with Crippen LogP contribution in [0.4, 0.5) is 4.39 Å². The number of benzene rings is 3. The van der Waals surface area contributed by atoms with E-state index in [0.29, 0.717) is 36.7 Å². The van der Waals surface area contributed by atoms with E-state index in [-0.39, 0.29) is 30.2 Å². The molecule has 184 valence electrons. The second-order valence-corrected chi connectivity index (χ2v) is 9.54. The van der Waals surface area contributed by atoms with Gasteiger partial charge in [0, 0.05) is 29.1 Å². The number of carboxylic acid groups (broad SMARTS) is 1. The molecule has 0 bridgehead atoms. The number of fused-ring (bicyclic) bond motifs is 3. The summed E-state index contributed by atoms with van der Waals surface area (Å²) >= 11 is 0. The van der Waals surface area contributed by atoms with Gasteiger partial charge < -0.3 is 14.6 Å². The van der Waals surface area contributed by atoms with Crippen LogP contribution in [0, 0.1) is 11.7 Å². The third kappa shape index (κ3) is 4.63. The molecule has 3 aromatic carbocycles. The van der Waals surface area contributed by atoms with Crippen LogP contribution in [-0.4, -0.2) is 26.5 Å². The Morgan fingerprint density at radius 2 is 1.75 bits per heavy atom. The van der Waals surface area contributed by atoms with Gasteiger partial charge in [-0.3, -0.25) is 9.59 Å². The average Bonchev–Trinajstić information content (AvgIpc) is 3.19. The van der Waals surface area contributed by atoms with E-state index in [1.54, 1.807) is 10.6 Å². The normalized spacial score (nSPS) is 15.9. The highest BCUT2D eigenvalue weighted by atomic mass is 19.1. The SMILES string of the molecule is CC(c1ccccc1)N(Cc1ccccc1)C(=O)C1CCc2c(c3cc(F)ccc3n2CC(=O)O)C1. The zero-order valence-corrected chi connectivity index (χ0v) is 20.2. The number of rotatable bonds is 7. The van der Waals surface area contributed by atoms with Crippen LogP contribution in [0.15, 0.2) is 78.9 Å². The van der Waals surface area contributed by atoms with Crippen molar-refractivity contribution in [3.63, 3.8) is 0 Å². The van der Waals surface area contributed by atoms with E-state index in [2.05, 4.69) is 6.92 Å². The molecule has 1 heterocycles. The second-order valence-electron chi connectivity index (χ2n) is 9.54. The Balaban J connectivity index is 1.50. The van der Waals surface area contributed by atoms with Crippen LogP contribution < -0.4 is 0 Å². The first-order chi connectivity index (χ1) is 17.4. The number of carbonyl (C=O) groups is 2. The van der Waals surface area contributed by atoms with Gasteiger partial charge in [-0.2, -0.15) is 0 Å². The molecule has 1 aromatic heterocycles. The number of halogens is 1. The Morgan fingerprint density at radius 1 is 1.06 bits per heavy atom. The fourth-order valence-corrected chi connectivity index (χ4v) is 5.48. The van der Waals surface area contributed by atoms with Gasteiger partial charge in [0.05, 0.1) is 6.04 Å². The van der Waals surface area contributed by atoms with Crippen molar-refractivity contribution in [2.45, 2.75) is 45.3 Å². The number of carbonyl (C=O) groups excluding carboxylic acids is 1. The van der Waals surface area contributed by atoms with Crippen molar-refractivity contribution in [2.24, 2.45) is 5.92 Å². The van der Waals surface area contributed by atoms with Gasteiger partial charge in [0.15, 0.2) is 0 Å². The monoisotopic (exact) mass is 484 g/mol. The molecule has 1 N–H and O–H groups in total. The average molecular weight is 485 g/mol. The number of nitrogens with zero attached hydrogens (tertiary/aromatic N) is 2. The second kappa shape index (κ2) is 9.97. The summed E-state index contributed by atoms with van der Waals surface area (Å²) in [5, 5.41) is 10.2. The van der Waals surface area contributed by atoms with Crippen molar-refractivity contribution in [2.75, 3.05) is 0 Å². The van der Waals surface area contributed by atoms with Crippen LogP contribution in [0.3, 0.4) is 0 Å². The Labute approximate surface area is 209 Å². The maximum absolute atomic E-state index is 14.2. The third-order valence-electron chi connectivity index (χ3n) is 7.30. The molecule has 0 saturated carbocycles. The lowest BCUT2D eigenvalue weighted by molar-refractivity contribution is -0.139. The fraction of sp³-hybridized carbons (Fsp3) is 0.267. The molecule has 36 heavy (non-hydrogen) atoms. The highest BCUT2D eigenvalue weighted by Gasteiger charge is 2.34. The molecule has 1 aliphatic rings. The number of amides is 1. The minimum Gasteiger partial charge on any atom is -0.480 e. The Kier molecular flexibility index (Phi) is 6.59. The summed E-state index contributed by atoms with van der Waals surface area (Å²) in [5.74, 6) is -1.51. The van der Waals surface area contributed by atoms with Crippen molar-refractivity contribution in [1.29, 1.82) is 0 Å². The van der Waals surface area contributed by atoms with Gasteiger partial charge >= 0.3 is 5.97 Å². The van der Waals surface area contributed by atoms with Gasteiger partial charge in [-0.05, 0) is 61.1 Å². The first-order valence-corrected chi connectivity index (χ1v) is 12.3. The highest BCUT2D eigenvalue weighted by Crippen LogP contribution is 2.37. The molecular formula is C30H29FN2O3. The first kappa shape index (κ1) is 23.8. The van der Waals surface area contributed by atoms with Crippen LogP contribution >= 0.6 is 0 Å². The van der Waals surface area contributed by atoms with Gasteiger partial charge in [-0.15, -0.1) is 0 Å². The topological polar surface area (TPSA) is 62.5 Å². The van der Waals surface area contributed by atoms with Crippen molar-refractivity contribution < 1.29 is 19.1 Å². The van der Waals surface area contributed by atoms with Crippen LogP contribution in [0.2, 0.25) is 0 Å². The molecule has 0 fully saturated rings. The molecule has 6 heteroatoms. The van der Waals surface area contributed by atoms with Gasteiger partial charge in [0.2, 0.25) is 5.91 Å². The Hall–Kier alpha value is -3.93. The van der Waals surface area contributed by atoms with E-state index < -0.39 is 5.97 Å². The molecular weight excluding hydrogens is 455 g/mol.